The normalized spacial score (nSPS) is 12.4. The molecule has 1 aromatic rings. The third-order valence-electron chi connectivity index (χ3n) is 2.38. The average Bonchev–Trinajstić information content (AvgIpc) is 2.36. The molecule has 0 aliphatic carbocycles. The molecule has 1 rings (SSSR count). The number of hydrazine groups is 1. The average molecular weight is 312 g/mol. The summed E-state index contributed by atoms with van der Waals surface area (Å²) in [5.41, 5.74) is 2.14. The summed E-state index contributed by atoms with van der Waals surface area (Å²) in [7, 11) is -3.86. The van der Waals surface area contributed by atoms with E-state index in [2.05, 4.69) is 15.1 Å². The summed E-state index contributed by atoms with van der Waals surface area (Å²) in [6.07, 6.45) is -3.85. The van der Waals surface area contributed by atoms with Crippen LogP contribution in [0, 0.1) is 0 Å². The number of nitrogens with zero attached hydrogens (tertiary/aromatic N) is 1. The highest BCUT2D eigenvalue weighted by molar-refractivity contribution is 7.89. The lowest BCUT2D eigenvalue weighted by Gasteiger charge is -2.10. The number of hydrogen-bond acceptors (Lipinski definition) is 5. The van der Waals surface area contributed by atoms with E-state index in [0.29, 0.717) is 0 Å². The Bertz CT molecular complexity index is 534. The van der Waals surface area contributed by atoms with E-state index in [-0.39, 0.29) is 30.1 Å². The maximum absolute atomic E-state index is 11.9. The molecule has 6 nitrogen and oxygen atoms in total. The fourth-order valence-corrected chi connectivity index (χ4v) is 2.64. The van der Waals surface area contributed by atoms with Gasteiger partial charge in [0.2, 0.25) is 10.0 Å². The Kier molecular flexibility index (Phi) is 5.72. The van der Waals surface area contributed by atoms with Crippen LogP contribution in [0.15, 0.2) is 23.2 Å². The Morgan fingerprint density at radius 3 is 2.60 bits per heavy atom. The van der Waals surface area contributed by atoms with Crippen LogP contribution in [0.1, 0.15) is 19.3 Å². The van der Waals surface area contributed by atoms with Crippen molar-refractivity contribution in [2.45, 2.75) is 30.3 Å². The first kappa shape index (κ1) is 16.7. The first-order chi connectivity index (χ1) is 9.26. The fourth-order valence-electron chi connectivity index (χ4n) is 1.45. The summed E-state index contributed by atoms with van der Waals surface area (Å²) in [4.78, 5) is 3.58. The van der Waals surface area contributed by atoms with Gasteiger partial charge in [-0.3, -0.25) is 0 Å². The highest BCUT2D eigenvalue weighted by atomic mass is 32.2. The SMILES string of the molecule is NNc1ncccc1S(=O)(=O)NCCCCC(F)(F)F. The lowest BCUT2D eigenvalue weighted by atomic mass is 10.2. The molecule has 0 aliphatic heterocycles. The van der Waals surface area contributed by atoms with E-state index < -0.39 is 22.6 Å². The number of nitrogen functional groups attached to an aromatic ring is 1. The van der Waals surface area contributed by atoms with E-state index in [9.17, 15) is 21.6 Å². The van der Waals surface area contributed by atoms with Crippen molar-refractivity contribution in [3.05, 3.63) is 18.3 Å². The van der Waals surface area contributed by atoms with Crippen LogP contribution in [0.25, 0.3) is 0 Å². The number of sulfonamides is 1. The zero-order valence-corrected chi connectivity index (χ0v) is 11.3. The molecule has 114 valence electrons. The minimum atomic E-state index is -4.22. The summed E-state index contributed by atoms with van der Waals surface area (Å²) < 4.78 is 61.7. The summed E-state index contributed by atoms with van der Waals surface area (Å²) in [6, 6.07) is 2.71. The third-order valence-corrected chi connectivity index (χ3v) is 3.87. The molecule has 4 N–H and O–H groups in total. The predicted octanol–water partition coefficient (Wildman–Crippen LogP) is 1.38. The zero-order chi connectivity index (χ0) is 15.2. The molecule has 0 atom stereocenters. The van der Waals surface area contributed by atoms with Gasteiger partial charge in [0, 0.05) is 19.2 Å². The molecule has 0 bridgehead atoms. The second-order valence-corrected chi connectivity index (χ2v) is 5.70. The number of anilines is 1. The van der Waals surface area contributed by atoms with Crippen molar-refractivity contribution in [3.8, 4) is 0 Å². The van der Waals surface area contributed by atoms with Gasteiger partial charge in [0.05, 0.1) is 0 Å². The highest BCUT2D eigenvalue weighted by Gasteiger charge is 2.26. The number of hydrogen-bond donors (Lipinski definition) is 3. The molecule has 20 heavy (non-hydrogen) atoms. The quantitative estimate of drug-likeness (QED) is 0.401. The molecule has 10 heteroatoms. The molecule has 0 fully saturated rings. The minimum absolute atomic E-state index is 0.0321. The van der Waals surface area contributed by atoms with Gasteiger partial charge in [0.25, 0.3) is 0 Å². The minimum Gasteiger partial charge on any atom is -0.307 e. The fraction of sp³-hybridized carbons (Fsp3) is 0.500. The third kappa shape index (κ3) is 5.31. The smallest absolute Gasteiger partial charge is 0.307 e. The number of nitrogens with one attached hydrogen (secondary N) is 2. The van der Waals surface area contributed by atoms with Crippen molar-refractivity contribution in [1.82, 2.24) is 9.71 Å². The Hall–Kier alpha value is -1.39. The Morgan fingerprint density at radius 2 is 2.00 bits per heavy atom. The van der Waals surface area contributed by atoms with E-state index in [1.807, 2.05) is 0 Å². The zero-order valence-electron chi connectivity index (χ0n) is 10.4. The number of unbranched alkanes of at least 4 members (excludes halogenated alkanes) is 1. The van der Waals surface area contributed by atoms with Gasteiger partial charge in [-0.25, -0.2) is 24.0 Å². The van der Waals surface area contributed by atoms with Crippen LogP contribution in [0.2, 0.25) is 0 Å². The molecule has 0 spiro atoms. The molecular weight excluding hydrogens is 297 g/mol. The monoisotopic (exact) mass is 312 g/mol. The van der Waals surface area contributed by atoms with Crippen molar-refractivity contribution in [2.75, 3.05) is 12.0 Å². The van der Waals surface area contributed by atoms with E-state index in [4.69, 9.17) is 5.84 Å². The van der Waals surface area contributed by atoms with Crippen LogP contribution < -0.4 is 16.0 Å². The lowest BCUT2D eigenvalue weighted by molar-refractivity contribution is -0.135. The highest BCUT2D eigenvalue weighted by Crippen LogP contribution is 2.22. The number of pyridine rings is 1. The second kappa shape index (κ2) is 6.86. The van der Waals surface area contributed by atoms with Crippen LogP contribution >= 0.6 is 0 Å². The molecule has 0 aromatic carbocycles. The molecule has 1 heterocycles. The first-order valence-corrected chi connectivity index (χ1v) is 7.22. The van der Waals surface area contributed by atoms with Gasteiger partial charge in [0.15, 0.2) is 5.82 Å². The van der Waals surface area contributed by atoms with Crippen molar-refractivity contribution in [2.24, 2.45) is 5.84 Å². The Labute approximate surface area is 114 Å². The number of alkyl halides is 3. The van der Waals surface area contributed by atoms with Gasteiger partial charge in [-0.05, 0) is 25.0 Å². The van der Waals surface area contributed by atoms with Crippen LogP contribution in [0.3, 0.4) is 0 Å². The molecule has 0 amide bonds. The standard InChI is InChI=1S/C10H15F3N4O2S/c11-10(12,13)5-1-2-7-16-20(18,19)8-4-3-6-15-9(8)17-14/h3-4,6,16H,1-2,5,7,14H2,(H,15,17). The van der Waals surface area contributed by atoms with Gasteiger partial charge in [-0.2, -0.15) is 13.2 Å². The van der Waals surface area contributed by atoms with E-state index in [1.54, 1.807) is 0 Å². The number of rotatable bonds is 7. The van der Waals surface area contributed by atoms with E-state index in [0.717, 1.165) is 0 Å². The largest absolute Gasteiger partial charge is 0.389 e. The van der Waals surface area contributed by atoms with Gasteiger partial charge < -0.3 is 5.43 Å². The summed E-state index contributed by atoms with van der Waals surface area (Å²) in [6.45, 7) is -0.0860. The van der Waals surface area contributed by atoms with Crippen molar-refractivity contribution in [3.63, 3.8) is 0 Å². The van der Waals surface area contributed by atoms with E-state index >= 15 is 0 Å². The molecule has 0 saturated carbocycles. The Balaban J connectivity index is 2.54. The molecule has 0 saturated heterocycles. The molecule has 1 aromatic heterocycles. The van der Waals surface area contributed by atoms with Gasteiger partial charge in [-0.1, -0.05) is 0 Å². The first-order valence-electron chi connectivity index (χ1n) is 5.74. The lowest BCUT2D eigenvalue weighted by Crippen LogP contribution is -2.27. The van der Waals surface area contributed by atoms with E-state index in [1.165, 1.54) is 18.3 Å². The summed E-state index contributed by atoms with van der Waals surface area (Å²) >= 11 is 0. The maximum atomic E-state index is 11.9. The van der Waals surface area contributed by atoms with Crippen molar-refractivity contribution >= 4 is 15.8 Å². The number of halogens is 3. The molecule has 0 unspecified atom stereocenters. The topological polar surface area (TPSA) is 97.1 Å². The predicted molar refractivity (Wildman–Crippen MR) is 67.1 cm³/mol. The van der Waals surface area contributed by atoms with Crippen LogP contribution in [0.5, 0.6) is 0 Å². The van der Waals surface area contributed by atoms with Crippen molar-refractivity contribution < 1.29 is 21.6 Å². The maximum Gasteiger partial charge on any atom is 0.389 e. The summed E-state index contributed by atoms with van der Waals surface area (Å²) in [5.74, 6) is 5.11. The number of aromatic nitrogens is 1. The molecule has 0 aliphatic rings. The van der Waals surface area contributed by atoms with Crippen LogP contribution in [-0.4, -0.2) is 26.1 Å². The molecular formula is C10H15F3N4O2S. The second-order valence-electron chi connectivity index (χ2n) is 3.96. The number of nitrogens with two attached hydrogens (primary N) is 1. The van der Waals surface area contributed by atoms with Crippen molar-refractivity contribution in [1.29, 1.82) is 0 Å². The van der Waals surface area contributed by atoms with Gasteiger partial charge in [-0.15, -0.1) is 0 Å². The van der Waals surface area contributed by atoms with Crippen LogP contribution in [0.4, 0.5) is 19.0 Å². The van der Waals surface area contributed by atoms with Gasteiger partial charge in [0.1, 0.15) is 4.90 Å². The summed E-state index contributed by atoms with van der Waals surface area (Å²) in [5, 5.41) is 0. The van der Waals surface area contributed by atoms with Crippen LogP contribution in [-0.2, 0) is 10.0 Å². The Morgan fingerprint density at radius 1 is 1.30 bits per heavy atom. The molecule has 0 radical (unpaired) electrons. The van der Waals surface area contributed by atoms with Gasteiger partial charge >= 0.3 is 6.18 Å².